The van der Waals surface area contributed by atoms with Gasteiger partial charge in [0.05, 0.1) is 12.1 Å². The normalized spacial score (nSPS) is 14.3. The fourth-order valence-electron chi connectivity index (χ4n) is 5.53. The highest BCUT2D eigenvalue weighted by Gasteiger charge is 2.41. The van der Waals surface area contributed by atoms with Crippen molar-refractivity contribution in [2.75, 3.05) is 16.8 Å². The number of pyridine rings is 1. The van der Waals surface area contributed by atoms with Crippen molar-refractivity contribution in [2.24, 2.45) is 0 Å². The first-order chi connectivity index (χ1) is 22.3. The predicted octanol–water partition coefficient (Wildman–Crippen LogP) is 8.30. The lowest BCUT2D eigenvalue weighted by atomic mass is 9.95. The Morgan fingerprint density at radius 2 is 1.45 bits per heavy atom. The van der Waals surface area contributed by atoms with Gasteiger partial charge in [-0.15, -0.1) is 12.4 Å². The molecule has 4 aromatic carbocycles. The third-order valence-corrected chi connectivity index (χ3v) is 7.81. The van der Waals surface area contributed by atoms with E-state index in [1.54, 1.807) is 79.0 Å². The number of allylic oxidation sites excluding steroid dienone is 2. The Morgan fingerprint density at radius 1 is 0.787 bits per heavy atom. The third kappa shape index (κ3) is 7.34. The molecule has 236 valence electrons. The van der Waals surface area contributed by atoms with Crippen LogP contribution in [0.15, 0.2) is 134 Å². The molecule has 1 N–H and O–H groups in total. The highest BCUT2D eigenvalue weighted by atomic mass is 35.5. The van der Waals surface area contributed by atoms with Crippen LogP contribution in [0.3, 0.4) is 0 Å². The molecule has 0 bridgehead atoms. The van der Waals surface area contributed by atoms with Crippen molar-refractivity contribution in [3.8, 4) is 11.1 Å². The number of carbonyl (C=O) groups excluding carboxylic acids is 3. The van der Waals surface area contributed by atoms with Gasteiger partial charge in [-0.05, 0) is 65.7 Å². The van der Waals surface area contributed by atoms with Crippen LogP contribution >= 0.6 is 12.4 Å². The molecular formula is C38H30ClF2N3O3. The number of fused-ring (bicyclic) bond motifs is 1. The number of nitrogens with one attached hydrogen (secondary N) is 1. The molecule has 47 heavy (non-hydrogen) atoms. The Kier molecular flexibility index (Phi) is 10.0. The lowest BCUT2D eigenvalue weighted by molar-refractivity contribution is -0.114. The molecule has 0 radical (unpaired) electrons. The van der Waals surface area contributed by atoms with Gasteiger partial charge in [0.1, 0.15) is 0 Å². The zero-order valence-electron chi connectivity index (χ0n) is 25.1. The van der Waals surface area contributed by atoms with E-state index in [4.69, 9.17) is 0 Å². The van der Waals surface area contributed by atoms with Crippen LogP contribution in [0.5, 0.6) is 0 Å². The molecule has 1 aliphatic heterocycles. The van der Waals surface area contributed by atoms with Crippen molar-refractivity contribution < 1.29 is 23.2 Å². The number of aromatic nitrogens is 1. The number of carbonyl (C=O) groups is 3. The molecule has 0 spiro atoms. The number of rotatable bonds is 7. The summed E-state index contributed by atoms with van der Waals surface area (Å²) in [5, 5.41) is 2.88. The number of alkyl halides is 2. The van der Waals surface area contributed by atoms with Crippen LogP contribution in [0.4, 0.5) is 20.2 Å². The van der Waals surface area contributed by atoms with Gasteiger partial charge in [-0.2, -0.15) is 0 Å². The average Bonchev–Trinajstić information content (AvgIpc) is 3.19. The maximum atomic E-state index is 15.6. The quantitative estimate of drug-likeness (QED) is 0.180. The van der Waals surface area contributed by atoms with Crippen LogP contribution in [-0.4, -0.2) is 35.0 Å². The summed E-state index contributed by atoms with van der Waals surface area (Å²) >= 11 is 0. The Balaban J connectivity index is 0.00000433. The van der Waals surface area contributed by atoms with Gasteiger partial charge in [-0.1, -0.05) is 72.8 Å². The molecule has 6 rings (SSSR count). The van der Waals surface area contributed by atoms with Crippen LogP contribution < -0.4 is 10.2 Å². The summed E-state index contributed by atoms with van der Waals surface area (Å²) in [4.78, 5) is 45.3. The molecule has 2 amide bonds. The van der Waals surface area contributed by atoms with Crippen LogP contribution in [0.2, 0.25) is 0 Å². The molecule has 0 saturated carbocycles. The molecule has 5 aromatic rings. The molecule has 0 fully saturated rings. The van der Waals surface area contributed by atoms with Crippen molar-refractivity contribution in [1.29, 1.82) is 0 Å². The van der Waals surface area contributed by atoms with E-state index in [0.29, 0.717) is 16.9 Å². The minimum Gasteiger partial charge on any atom is -0.322 e. The smallest absolute Gasteiger partial charge is 0.275 e. The summed E-state index contributed by atoms with van der Waals surface area (Å²) in [6.07, 6.45) is 1.74. The summed E-state index contributed by atoms with van der Waals surface area (Å²) in [5.41, 5.74) is 3.40. The largest absolute Gasteiger partial charge is 0.322 e. The summed E-state index contributed by atoms with van der Waals surface area (Å²) < 4.78 is 31.2. The van der Waals surface area contributed by atoms with Crippen molar-refractivity contribution in [3.63, 3.8) is 0 Å². The van der Waals surface area contributed by atoms with Crippen molar-refractivity contribution >= 4 is 47.0 Å². The number of anilines is 2. The van der Waals surface area contributed by atoms with Crippen LogP contribution in [0.1, 0.15) is 38.4 Å². The Hall–Kier alpha value is -5.47. The molecule has 9 heteroatoms. The maximum Gasteiger partial charge on any atom is 0.275 e. The molecule has 2 heterocycles. The second kappa shape index (κ2) is 14.3. The van der Waals surface area contributed by atoms with E-state index in [0.717, 1.165) is 17.2 Å². The molecule has 0 atom stereocenters. The summed E-state index contributed by atoms with van der Waals surface area (Å²) in [5.74, 6) is -4.64. The molecular weight excluding hydrogens is 620 g/mol. The first-order valence-corrected chi connectivity index (χ1v) is 14.8. The summed E-state index contributed by atoms with van der Waals surface area (Å²) in [6, 6.07) is 34.7. The molecule has 1 aromatic heterocycles. The van der Waals surface area contributed by atoms with Gasteiger partial charge in [0.25, 0.3) is 17.7 Å². The highest BCUT2D eigenvalue weighted by molar-refractivity contribution is 6.11. The number of halogens is 3. The number of amides is 2. The summed E-state index contributed by atoms with van der Waals surface area (Å²) in [7, 11) is 0. The SMILES string of the molecule is Cl.O=C(C=C1c2ccccc2N(C(=O)c2ccc(NC(=O)c3ccccc3-c3ccccc3)cc2)CCC1(F)F)Cc1ccccn1. The van der Waals surface area contributed by atoms with E-state index in [9.17, 15) is 14.4 Å². The molecule has 0 unspecified atom stereocenters. The first-order valence-electron chi connectivity index (χ1n) is 14.8. The van der Waals surface area contributed by atoms with Crippen LogP contribution in [0, 0.1) is 0 Å². The van der Waals surface area contributed by atoms with E-state index in [2.05, 4.69) is 10.3 Å². The van der Waals surface area contributed by atoms with E-state index < -0.39 is 29.6 Å². The lowest BCUT2D eigenvalue weighted by Gasteiger charge is -2.23. The van der Waals surface area contributed by atoms with E-state index in [-0.39, 0.29) is 48.1 Å². The lowest BCUT2D eigenvalue weighted by Crippen LogP contribution is -2.33. The van der Waals surface area contributed by atoms with Gasteiger partial charge < -0.3 is 10.2 Å². The van der Waals surface area contributed by atoms with E-state index in [1.807, 2.05) is 42.5 Å². The minimum absolute atomic E-state index is 0. The van der Waals surface area contributed by atoms with Crippen molar-refractivity contribution in [1.82, 2.24) is 4.98 Å². The van der Waals surface area contributed by atoms with Gasteiger partial charge >= 0.3 is 0 Å². The summed E-state index contributed by atoms with van der Waals surface area (Å²) in [6.45, 7) is -0.261. The number of ketones is 1. The molecule has 1 aliphatic rings. The molecule has 6 nitrogen and oxygen atoms in total. The van der Waals surface area contributed by atoms with Gasteiger partial charge in [-0.3, -0.25) is 19.4 Å². The topological polar surface area (TPSA) is 79.4 Å². The van der Waals surface area contributed by atoms with Crippen LogP contribution in [0.25, 0.3) is 16.7 Å². The van der Waals surface area contributed by atoms with E-state index in [1.165, 1.54) is 11.0 Å². The number of benzene rings is 4. The predicted molar refractivity (Wildman–Crippen MR) is 182 cm³/mol. The van der Waals surface area contributed by atoms with Gasteiger partial charge in [0.15, 0.2) is 5.78 Å². The number of para-hydroxylation sites is 1. The van der Waals surface area contributed by atoms with Crippen molar-refractivity contribution in [3.05, 3.63) is 156 Å². The fraction of sp³-hybridized carbons (Fsp3) is 0.105. The second-order valence-corrected chi connectivity index (χ2v) is 10.9. The molecule has 0 saturated heterocycles. The Labute approximate surface area is 277 Å². The number of nitrogens with zero attached hydrogens (tertiary/aromatic N) is 2. The minimum atomic E-state index is -3.35. The van der Waals surface area contributed by atoms with Gasteiger partial charge in [-0.25, -0.2) is 8.78 Å². The number of hydrogen-bond acceptors (Lipinski definition) is 4. The molecule has 0 aliphatic carbocycles. The first kappa shape index (κ1) is 32.9. The van der Waals surface area contributed by atoms with Crippen molar-refractivity contribution in [2.45, 2.75) is 18.8 Å². The Bertz CT molecular complexity index is 1930. The van der Waals surface area contributed by atoms with E-state index >= 15 is 8.78 Å². The average molecular weight is 650 g/mol. The zero-order valence-corrected chi connectivity index (χ0v) is 25.9. The monoisotopic (exact) mass is 649 g/mol. The number of hydrogen-bond donors (Lipinski definition) is 1. The fourth-order valence-corrected chi connectivity index (χ4v) is 5.53. The Morgan fingerprint density at radius 3 is 2.17 bits per heavy atom. The van der Waals surface area contributed by atoms with Crippen LogP contribution in [-0.2, 0) is 11.2 Å². The maximum absolute atomic E-state index is 15.6. The standard InChI is InChI=1S/C38H29F2N3O3.ClH/c39-38(40)21-23-43(35-16-7-6-15-33(35)34(38)25-30(44)24-29-12-8-9-22-41-29)37(46)27-17-19-28(20-18-27)42-36(45)32-14-5-4-13-31(32)26-10-2-1-3-11-26;/h1-20,22,25H,21,23-24H2,(H,42,45);1H. The van der Waals surface area contributed by atoms with Gasteiger partial charge in [0.2, 0.25) is 0 Å². The second-order valence-electron chi connectivity index (χ2n) is 10.9. The highest BCUT2D eigenvalue weighted by Crippen LogP contribution is 2.43. The van der Waals surface area contributed by atoms with Gasteiger partial charge in [0, 0.05) is 52.8 Å². The third-order valence-electron chi connectivity index (χ3n) is 7.81. The zero-order chi connectivity index (χ0) is 32.1.